The fourth-order valence-corrected chi connectivity index (χ4v) is 3.93. The van der Waals surface area contributed by atoms with Crippen LogP contribution in [0.3, 0.4) is 0 Å². The van der Waals surface area contributed by atoms with Crippen LogP contribution in [0, 0.1) is 5.92 Å². The monoisotopic (exact) mass is 331 g/mol. The average Bonchev–Trinajstić information content (AvgIpc) is 2.86. The van der Waals surface area contributed by atoms with Crippen LogP contribution in [0.5, 0.6) is 0 Å². The topological polar surface area (TPSA) is 58.4 Å². The zero-order valence-electron chi connectivity index (χ0n) is 15.4. The molecule has 0 spiro atoms. The van der Waals surface area contributed by atoms with E-state index >= 15 is 0 Å². The van der Waals surface area contributed by atoms with E-state index in [0.717, 1.165) is 24.1 Å². The fraction of sp³-hybridized carbons (Fsp3) is 0.650. The molecular weight excluding hydrogens is 298 g/mol. The van der Waals surface area contributed by atoms with Crippen LogP contribution in [0.1, 0.15) is 58.4 Å². The van der Waals surface area contributed by atoms with Gasteiger partial charge >= 0.3 is 6.03 Å². The smallest absolute Gasteiger partial charge is 0.316 e. The molecule has 134 valence electrons. The highest BCUT2D eigenvalue weighted by atomic mass is 16.2. The lowest BCUT2D eigenvalue weighted by atomic mass is 10.0. The number of nitrogens with zero attached hydrogens (tertiary/aromatic N) is 1. The molecule has 2 rings (SSSR count). The lowest BCUT2D eigenvalue weighted by molar-refractivity contribution is 0.170. The molecule has 1 aromatic carbocycles. The molecule has 2 atom stereocenters. The molecule has 1 aliphatic heterocycles. The second-order valence-corrected chi connectivity index (χ2v) is 7.50. The largest absolute Gasteiger partial charge is 0.351 e. The van der Waals surface area contributed by atoms with Gasteiger partial charge in [0.2, 0.25) is 0 Å². The van der Waals surface area contributed by atoms with Gasteiger partial charge in [-0.05, 0) is 62.3 Å². The summed E-state index contributed by atoms with van der Waals surface area (Å²) in [5.41, 5.74) is 7.29. The first-order valence-corrected chi connectivity index (χ1v) is 9.40. The second kappa shape index (κ2) is 9.07. The van der Waals surface area contributed by atoms with E-state index in [9.17, 15) is 4.79 Å². The molecule has 0 aromatic heterocycles. The molecule has 0 saturated carbocycles. The van der Waals surface area contributed by atoms with Crippen LogP contribution in [-0.4, -0.2) is 29.6 Å². The van der Waals surface area contributed by atoms with Crippen LogP contribution < -0.4 is 11.1 Å². The zero-order valence-corrected chi connectivity index (χ0v) is 15.4. The molecule has 1 fully saturated rings. The van der Waals surface area contributed by atoms with Crippen molar-refractivity contribution in [3.8, 4) is 0 Å². The van der Waals surface area contributed by atoms with E-state index in [1.54, 1.807) is 0 Å². The Labute approximate surface area is 146 Å². The Bertz CT molecular complexity index is 529. The van der Waals surface area contributed by atoms with Crippen molar-refractivity contribution in [2.75, 3.05) is 11.9 Å². The summed E-state index contributed by atoms with van der Waals surface area (Å²) in [4.78, 5) is 13.8. The highest BCUT2D eigenvalue weighted by Gasteiger charge is 2.32. The van der Waals surface area contributed by atoms with Gasteiger partial charge in [0.25, 0.3) is 0 Å². The summed E-state index contributed by atoms with van der Waals surface area (Å²) in [5.74, 6) is 0.751. The number of nitrogens with one attached hydrogen (secondary N) is 1. The van der Waals surface area contributed by atoms with E-state index in [4.69, 9.17) is 5.73 Å². The van der Waals surface area contributed by atoms with Crippen molar-refractivity contribution in [1.29, 1.82) is 0 Å². The Kier molecular flexibility index (Phi) is 7.10. The van der Waals surface area contributed by atoms with Crippen LogP contribution in [-0.2, 0) is 6.42 Å². The number of primary amides is 1. The first-order chi connectivity index (χ1) is 11.5. The van der Waals surface area contributed by atoms with Gasteiger partial charge in [0.05, 0.1) is 0 Å². The van der Waals surface area contributed by atoms with Crippen LogP contribution in [0.15, 0.2) is 24.3 Å². The van der Waals surface area contributed by atoms with E-state index in [2.05, 4.69) is 43.1 Å². The van der Waals surface area contributed by atoms with Crippen LogP contribution in [0.2, 0.25) is 0 Å². The number of likely N-dealkylation sites (tertiary alicyclic amines) is 1. The number of carbonyl (C=O) groups excluding carboxylic acids is 1. The molecule has 2 amide bonds. The van der Waals surface area contributed by atoms with Crippen molar-refractivity contribution >= 4 is 11.7 Å². The third-order valence-corrected chi connectivity index (χ3v) is 4.95. The molecule has 1 saturated heterocycles. The molecule has 1 heterocycles. The Morgan fingerprint density at radius 2 is 2.08 bits per heavy atom. The Balaban J connectivity index is 2.04. The number of nitrogens with two attached hydrogens (primary N) is 1. The Hall–Kier alpha value is -1.55. The molecule has 0 aliphatic carbocycles. The van der Waals surface area contributed by atoms with Crippen molar-refractivity contribution < 1.29 is 4.79 Å². The van der Waals surface area contributed by atoms with Crippen molar-refractivity contribution in [3.63, 3.8) is 0 Å². The number of hydrogen-bond donors (Lipinski definition) is 2. The van der Waals surface area contributed by atoms with Gasteiger partial charge in [-0.15, -0.1) is 0 Å². The summed E-state index contributed by atoms with van der Waals surface area (Å²) in [6.45, 7) is 8.12. The minimum Gasteiger partial charge on any atom is -0.351 e. The number of urea groups is 1. The third kappa shape index (κ3) is 5.52. The van der Waals surface area contributed by atoms with Crippen molar-refractivity contribution in [2.45, 2.75) is 71.4 Å². The van der Waals surface area contributed by atoms with E-state index in [0.29, 0.717) is 6.04 Å². The number of amides is 2. The second-order valence-electron chi connectivity index (χ2n) is 7.50. The number of anilines is 1. The van der Waals surface area contributed by atoms with Crippen LogP contribution >= 0.6 is 0 Å². The molecule has 24 heavy (non-hydrogen) atoms. The summed E-state index contributed by atoms with van der Waals surface area (Å²) >= 11 is 0. The number of benzene rings is 1. The van der Waals surface area contributed by atoms with E-state index in [-0.39, 0.29) is 0 Å². The molecule has 1 aliphatic rings. The average molecular weight is 332 g/mol. The SMILES string of the molecule is CCCCN1C(Cc2cccc(NC(N)=O)c2)CCC1CC(C)C. The van der Waals surface area contributed by atoms with E-state index in [1.165, 1.54) is 44.2 Å². The van der Waals surface area contributed by atoms with Crippen molar-refractivity contribution in [1.82, 2.24) is 4.90 Å². The standard InChI is InChI=1S/C20H33N3O/c1-4-5-11-23-18(12-15(2)3)9-10-19(23)14-16-7-6-8-17(13-16)22-20(21)24/h6-8,13,15,18-19H,4-5,9-12,14H2,1-3H3,(H3,21,22,24). The van der Waals surface area contributed by atoms with Gasteiger partial charge in [-0.3, -0.25) is 4.90 Å². The molecule has 2 unspecified atom stereocenters. The van der Waals surface area contributed by atoms with E-state index < -0.39 is 6.03 Å². The predicted octanol–water partition coefficient (Wildman–Crippen LogP) is 4.40. The minimum atomic E-state index is -0.505. The summed E-state index contributed by atoms with van der Waals surface area (Å²) in [5, 5.41) is 2.68. The van der Waals surface area contributed by atoms with Gasteiger partial charge in [0.1, 0.15) is 0 Å². The Morgan fingerprint density at radius 3 is 2.75 bits per heavy atom. The van der Waals surface area contributed by atoms with Gasteiger partial charge < -0.3 is 11.1 Å². The summed E-state index contributed by atoms with van der Waals surface area (Å²) in [7, 11) is 0. The van der Waals surface area contributed by atoms with Gasteiger partial charge in [0.15, 0.2) is 0 Å². The molecule has 0 bridgehead atoms. The van der Waals surface area contributed by atoms with Gasteiger partial charge in [-0.25, -0.2) is 4.79 Å². The molecular formula is C20H33N3O. The van der Waals surface area contributed by atoms with Crippen LogP contribution in [0.25, 0.3) is 0 Å². The highest BCUT2D eigenvalue weighted by molar-refractivity contribution is 5.87. The number of carbonyl (C=O) groups is 1. The third-order valence-electron chi connectivity index (χ3n) is 4.95. The summed E-state index contributed by atoms with van der Waals surface area (Å²) in [6, 6.07) is 8.93. The maximum atomic E-state index is 11.0. The molecule has 4 heteroatoms. The predicted molar refractivity (Wildman–Crippen MR) is 101 cm³/mol. The molecule has 4 nitrogen and oxygen atoms in total. The quantitative estimate of drug-likeness (QED) is 0.742. The van der Waals surface area contributed by atoms with E-state index in [1.807, 2.05) is 12.1 Å². The Morgan fingerprint density at radius 1 is 1.33 bits per heavy atom. The van der Waals surface area contributed by atoms with Crippen molar-refractivity contribution in [3.05, 3.63) is 29.8 Å². The molecule has 1 aromatic rings. The normalized spacial score (nSPS) is 21.3. The maximum absolute atomic E-state index is 11.0. The van der Waals surface area contributed by atoms with Gasteiger partial charge in [-0.2, -0.15) is 0 Å². The summed E-state index contributed by atoms with van der Waals surface area (Å²) in [6.07, 6.45) is 7.44. The van der Waals surface area contributed by atoms with Gasteiger partial charge in [-0.1, -0.05) is 39.3 Å². The maximum Gasteiger partial charge on any atom is 0.316 e. The first-order valence-electron chi connectivity index (χ1n) is 9.40. The van der Waals surface area contributed by atoms with Crippen LogP contribution in [0.4, 0.5) is 10.5 Å². The molecule has 0 radical (unpaired) electrons. The minimum absolute atomic E-state index is 0.505. The zero-order chi connectivity index (χ0) is 17.5. The fourth-order valence-electron chi connectivity index (χ4n) is 3.93. The number of hydrogen-bond acceptors (Lipinski definition) is 2. The van der Waals surface area contributed by atoms with Crippen molar-refractivity contribution in [2.24, 2.45) is 11.7 Å². The lowest BCUT2D eigenvalue weighted by Gasteiger charge is -2.31. The van der Waals surface area contributed by atoms with Gasteiger partial charge in [0, 0.05) is 17.8 Å². The highest BCUT2D eigenvalue weighted by Crippen LogP contribution is 2.31. The number of unbranched alkanes of at least 4 members (excludes halogenated alkanes) is 1. The number of rotatable bonds is 8. The lowest BCUT2D eigenvalue weighted by Crippen LogP contribution is -2.38. The summed E-state index contributed by atoms with van der Waals surface area (Å²) < 4.78 is 0. The first kappa shape index (κ1) is 18.8. The molecule has 3 N–H and O–H groups in total.